The SMILES string of the molecule is C1=CC23C=CC2(C=C1)C=C3. The maximum absolute atomic E-state index is 2.27. The van der Waals surface area contributed by atoms with Crippen molar-refractivity contribution in [3.63, 3.8) is 0 Å². The molecule has 0 atom stereocenters. The predicted molar refractivity (Wildman–Crippen MR) is 41.4 cm³/mol. The van der Waals surface area contributed by atoms with Crippen LogP contribution in [0.2, 0.25) is 0 Å². The van der Waals surface area contributed by atoms with E-state index in [2.05, 4.69) is 48.6 Å². The first-order valence-electron chi connectivity index (χ1n) is 3.65. The molecule has 3 rings (SSSR count). The average molecular weight is 128 g/mol. The van der Waals surface area contributed by atoms with Crippen LogP contribution in [0.3, 0.4) is 0 Å². The molecular weight excluding hydrogens is 120 g/mol. The van der Waals surface area contributed by atoms with Crippen LogP contribution in [0.4, 0.5) is 0 Å². The van der Waals surface area contributed by atoms with E-state index < -0.39 is 0 Å². The van der Waals surface area contributed by atoms with E-state index >= 15 is 0 Å². The Morgan fingerprint density at radius 1 is 0.500 bits per heavy atom. The van der Waals surface area contributed by atoms with Gasteiger partial charge in [-0.15, -0.1) is 0 Å². The average Bonchev–Trinajstić information content (AvgIpc) is 1.86. The Morgan fingerprint density at radius 3 is 1.10 bits per heavy atom. The van der Waals surface area contributed by atoms with Gasteiger partial charge in [0.2, 0.25) is 0 Å². The van der Waals surface area contributed by atoms with Gasteiger partial charge in [0.25, 0.3) is 0 Å². The van der Waals surface area contributed by atoms with Gasteiger partial charge in [-0.25, -0.2) is 0 Å². The van der Waals surface area contributed by atoms with Crippen LogP contribution in [0.15, 0.2) is 48.6 Å². The van der Waals surface area contributed by atoms with Crippen molar-refractivity contribution >= 4 is 0 Å². The number of hydrogen-bond acceptors (Lipinski definition) is 0. The van der Waals surface area contributed by atoms with Gasteiger partial charge in [-0.05, 0) is 0 Å². The molecule has 0 aliphatic heterocycles. The second-order valence-corrected chi connectivity index (χ2v) is 3.25. The molecule has 0 unspecified atom stereocenters. The normalized spacial score (nSPS) is 51.2. The van der Waals surface area contributed by atoms with Gasteiger partial charge in [0.1, 0.15) is 0 Å². The van der Waals surface area contributed by atoms with Crippen LogP contribution in [-0.2, 0) is 0 Å². The van der Waals surface area contributed by atoms with Crippen LogP contribution in [0.1, 0.15) is 0 Å². The summed E-state index contributed by atoms with van der Waals surface area (Å²) in [6.45, 7) is 0. The lowest BCUT2D eigenvalue weighted by molar-refractivity contribution is 0.302. The van der Waals surface area contributed by atoms with Gasteiger partial charge in [-0.1, -0.05) is 48.6 Å². The highest BCUT2D eigenvalue weighted by molar-refractivity contribution is 5.57. The highest BCUT2D eigenvalue weighted by Crippen LogP contribution is 2.62. The summed E-state index contributed by atoms with van der Waals surface area (Å²) >= 11 is 0. The van der Waals surface area contributed by atoms with Crippen molar-refractivity contribution in [1.29, 1.82) is 0 Å². The minimum atomic E-state index is 0.307. The lowest BCUT2D eigenvalue weighted by atomic mass is 9.47. The maximum Gasteiger partial charge on any atom is 0.0407 e. The Balaban J connectivity index is 2.31. The molecule has 0 N–H and O–H groups in total. The molecule has 0 aromatic heterocycles. The second kappa shape index (κ2) is 1.07. The standard InChI is InChI=1S/C10H8/c1-2-4-10-7-5-9(10,3-1)6-8-10/h1-8H. The molecule has 3 aliphatic carbocycles. The van der Waals surface area contributed by atoms with Crippen LogP contribution >= 0.6 is 0 Å². The van der Waals surface area contributed by atoms with Crippen LogP contribution in [0, 0.1) is 10.8 Å². The van der Waals surface area contributed by atoms with Gasteiger partial charge in [0.05, 0.1) is 0 Å². The molecule has 0 saturated heterocycles. The summed E-state index contributed by atoms with van der Waals surface area (Å²) < 4.78 is 0. The number of hydrogen-bond donors (Lipinski definition) is 0. The van der Waals surface area contributed by atoms with Gasteiger partial charge in [0, 0.05) is 10.8 Å². The molecule has 0 fully saturated rings. The van der Waals surface area contributed by atoms with Crippen LogP contribution < -0.4 is 0 Å². The van der Waals surface area contributed by atoms with E-state index in [9.17, 15) is 0 Å². The fourth-order valence-electron chi connectivity index (χ4n) is 1.99. The molecule has 0 radical (unpaired) electrons. The van der Waals surface area contributed by atoms with Crippen molar-refractivity contribution < 1.29 is 0 Å². The lowest BCUT2D eigenvalue weighted by Crippen LogP contribution is -2.47. The molecule has 0 nitrogen and oxygen atoms in total. The summed E-state index contributed by atoms with van der Waals surface area (Å²) in [4.78, 5) is 0. The fraction of sp³-hybridized carbons (Fsp3) is 0.200. The van der Waals surface area contributed by atoms with E-state index in [4.69, 9.17) is 0 Å². The summed E-state index contributed by atoms with van der Waals surface area (Å²) in [5.74, 6) is 0. The van der Waals surface area contributed by atoms with Crippen molar-refractivity contribution in [3.05, 3.63) is 48.6 Å². The molecular formula is C10H8. The molecule has 0 bridgehead atoms. The zero-order valence-corrected chi connectivity index (χ0v) is 5.62. The van der Waals surface area contributed by atoms with Gasteiger partial charge < -0.3 is 0 Å². The van der Waals surface area contributed by atoms with Crippen molar-refractivity contribution in [2.45, 2.75) is 0 Å². The lowest BCUT2D eigenvalue weighted by Gasteiger charge is -2.55. The first-order chi connectivity index (χ1) is 4.87. The van der Waals surface area contributed by atoms with Crippen molar-refractivity contribution in [2.24, 2.45) is 10.8 Å². The highest BCUT2D eigenvalue weighted by Gasteiger charge is 2.54. The molecule has 0 saturated carbocycles. The van der Waals surface area contributed by atoms with E-state index in [0.29, 0.717) is 10.8 Å². The molecule has 0 heterocycles. The number of allylic oxidation sites excluding steroid dienone is 8. The summed E-state index contributed by atoms with van der Waals surface area (Å²) in [6, 6.07) is 0. The van der Waals surface area contributed by atoms with E-state index in [0.717, 1.165) is 0 Å². The summed E-state index contributed by atoms with van der Waals surface area (Å²) in [6.07, 6.45) is 17.9. The molecule has 0 heteroatoms. The van der Waals surface area contributed by atoms with E-state index in [1.807, 2.05) is 0 Å². The van der Waals surface area contributed by atoms with Crippen LogP contribution in [-0.4, -0.2) is 0 Å². The monoisotopic (exact) mass is 128 g/mol. The minimum absolute atomic E-state index is 0.307. The third kappa shape index (κ3) is 0.258. The second-order valence-electron chi connectivity index (χ2n) is 3.25. The summed E-state index contributed by atoms with van der Waals surface area (Å²) in [7, 11) is 0. The van der Waals surface area contributed by atoms with Crippen LogP contribution in [0.5, 0.6) is 0 Å². The zero-order valence-electron chi connectivity index (χ0n) is 5.62. The Morgan fingerprint density at radius 2 is 0.900 bits per heavy atom. The first-order valence-corrected chi connectivity index (χ1v) is 3.65. The zero-order chi connectivity index (χ0) is 6.66. The molecule has 0 aromatic rings. The fourth-order valence-corrected chi connectivity index (χ4v) is 1.99. The number of rotatable bonds is 0. The smallest absolute Gasteiger partial charge is 0.0407 e. The van der Waals surface area contributed by atoms with E-state index in [1.54, 1.807) is 0 Å². The van der Waals surface area contributed by atoms with E-state index in [1.165, 1.54) is 0 Å². The topological polar surface area (TPSA) is 0 Å². The Labute approximate surface area is 60.2 Å². The molecule has 0 spiro atoms. The van der Waals surface area contributed by atoms with Crippen LogP contribution in [0.25, 0.3) is 0 Å². The molecule has 0 aromatic carbocycles. The van der Waals surface area contributed by atoms with Gasteiger partial charge in [-0.2, -0.15) is 0 Å². The van der Waals surface area contributed by atoms with Crippen molar-refractivity contribution in [1.82, 2.24) is 0 Å². The quantitative estimate of drug-likeness (QED) is 0.439. The Hall–Kier alpha value is -1.04. The van der Waals surface area contributed by atoms with E-state index in [-0.39, 0.29) is 0 Å². The van der Waals surface area contributed by atoms with Gasteiger partial charge in [-0.3, -0.25) is 0 Å². The molecule has 48 valence electrons. The van der Waals surface area contributed by atoms with Gasteiger partial charge in [0.15, 0.2) is 0 Å². The minimum Gasteiger partial charge on any atom is -0.0721 e. The third-order valence-electron chi connectivity index (χ3n) is 2.87. The Kier molecular flexibility index (Phi) is 0.507. The van der Waals surface area contributed by atoms with Crippen molar-refractivity contribution in [3.8, 4) is 0 Å². The summed E-state index contributed by atoms with van der Waals surface area (Å²) in [5.41, 5.74) is 0.615. The van der Waals surface area contributed by atoms with Gasteiger partial charge >= 0.3 is 0 Å². The first kappa shape index (κ1) is 4.73. The third-order valence-corrected chi connectivity index (χ3v) is 2.87. The predicted octanol–water partition coefficient (Wildman–Crippen LogP) is 2.22. The Bertz CT molecular complexity index is 256. The molecule has 0 amide bonds. The summed E-state index contributed by atoms with van der Waals surface area (Å²) in [5, 5.41) is 0. The molecule has 10 heavy (non-hydrogen) atoms. The molecule has 3 aliphatic rings. The largest absolute Gasteiger partial charge is 0.0721 e. The highest BCUT2D eigenvalue weighted by atomic mass is 14.6. The van der Waals surface area contributed by atoms with Crippen molar-refractivity contribution in [2.75, 3.05) is 0 Å². The maximum atomic E-state index is 2.27.